The highest BCUT2D eigenvalue weighted by molar-refractivity contribution is 5.80. The van der Waals surface area contributed by atoms with Gasteiger partial charge in [-0.1, -0.05) is 0 Å². The molecule has 0 bridgehead atoms. The van der Waals surface area contributed by atoms with E-state index in [1.807, 2.05) is 10.9 Å². The van der Waals surface area contributed by atoms with Crippen molar-refractivity contribution in [2.24, 2.45) is 11.0 Å². The number of nitrogens with zero attached hydrogens (tertiary/aromatic N) is 3. The molecule has 104 valence electrons. The van der Waals surface area contributed by atoms with Crippen LogP contribution in [0.25, 0.3) is 0 Å². The molecule has 1 saturated carbocycles. The van der Waals surface area contributed by atoms with Crippen LogP contribution in [0.4, 0.5) is 4.79 Å². The van der Waals surface area contributed by atoms with Crippen LogP contribution >= 0.6 is 0 Å². The summed E-state index contributed by atoms with van der Waals surface area (Å²) < 4.78 is 6.97. The van der Waals surface area contributed by atoms with Gasteiger partial charge in [-0.05, 0) is 39.5 Å². The third-order valence-corrected chi connectivity index (χ3v) is 2.56. The number of nitrogens with one attached hydrogen (secondary N) is 1. The average molecular weight is 264 g/mol. The van der Waals surface area contributed by atoms with Gasteiger partial charge in [-0.15, -0.1) is 0 Å². The Morgan fingerprint density at radius 1 is 1.63 bits per heavy atom. The Kier molecular flexibility index (Phi) is 3.87. The van der Waals surface area contributed by atoms with E-state index >= 15 is 0 Å². The first-order valence-electron chi connectivity index (χ1n) is 6.47. The Hall–Kier alpha value is -1.85. The summed E-state index contributed by atoms with van der Waals surface area (Å²) in [5.41, 5.74) is 2.66. The highest BCUT2D eigenvalue weighted by atomic mass is 16.6. The lowest BCUT2D eigenvalue weighted by molar-refractivity contribution is 0.0529. The Bertz CT molecular complexity index is 469. The molecule has 1 heterocycles. The van der Waals surface area contributed by atoms with Crippen molar-refractivity contribution in [3.8, 4) is 0 Å². The predicted molar refractivity (Wildman–Crippen MR) is 71.9 cm³/mol. The summed E-state index contributed by atoms with van der Waals surface area (Å²) in [6.07, 6.45) is 7.23. The molecule has 0 atom stereocenters. The fourth-order valence-electron chi connectivity index (χ4n) is 1.57. The van der Waals surface area contributed by atoms with Crippen molar-refractivity contribution in [2.45, 2.75) is 45.8 Å². The second-order valence-corrected chi connectivity index (χ2v) is 5.81. The Morgan fingerprint density at radius 2 is 2.37 bits per heavy atom. The lowest BCUT2D eigenvalue weighted by Crippen LogP contribution is -2.29. The normalized spacial score (nSPS) is 15.7. The van der Waals surface area contributed by atoms with Gasteiger partial charge in [0.15, 0.2) is 0 Å². The van der Waals surface area contributed by atoms with E-state index in [0.29, 0.717) is 0 Å². The number of amides is 1. The minimum absolute atomic E-state index is 0.519. The summed E-state index contributed by atoms with van der Waals surface area (Å²) in [7, 11) is 0. The molecule has 1 aliphatic carbocycles. The fourth-order valence-corrected chi connectivity index (χ4v) is 1.57. The molecule has 1 amide bonds. The van der Waals surface area contributed by atoms with Gasteiger partial charge in [0.25, 0.3) is 0 Å². The summed E-state index contributed by atoms with van der Waals surface area (Å²) in [6, 6.07) is 0. The van der Waals surface area contributed by atoms with Gasteiger partial charge >= 0.3 is 6.09 Å². The summed E-state index contributed by atoms with van der Waals surface area (Å²) in [4.78, 5) is 11.3. The first-order valence-corrected chi connectivity index (χ1v) is 6.47. The van der Waals surface area contributed by atoms with Crippen molar-refractivity contribution < 1.29 is 9.53 Å². The Labute approximate surface area is 112 Å². The number of ether oxygens (including phenoxy) is 1. The van der Waals surface area contributed by atoms with Crippen LogP contribution in [0.1, 0.15) is 39.2 Å². The molecular formula is C13H20N4O2. The molecule has 0 radical (unpaired) electrons. The van der Waals surface area contributed by atoms with Crippen molar-refractivity contribution in [1.82, 2.24) is 15.2 Å². The SMILES string of the molecule is CC(C)(C)OC(=O)N/N=C/c1cnn(CC2CC2)c1. The molecule has 1 aliphatic rings. The van der Waals surface area contributed by atoms with Crippen molar-refractivity contribution in [1.29, 1.82) is 0 Å². The van der Waals surface area contributed by atoms with E-state index in [2.05, 4.69) is 15.6 Å². The molecule has 1 aromatic rings. The Balaban J connectivity index is 1.78. The smallest absolute Gasteiger partial charge is 0.428 e. The van der Waals surface area contributed by atoms with Crippen LogP contribution in [-0.4, -0.2) is 27.7 Å². The Morgan fingerprint density at radius 3 is 3.00 bits per heavy atom. The van der Waals surface area contributed by atoms with Gasteiger partial charge in [-0.25, -0.2) is 10.2 Å². The van der Waals surface area contributed by atoms with Gasteiger partial charge in [0.2, 0.25) is 0 Å². The third kappa shape index (κ3) is 5.11. The average Bonchev–Trinajstić information content (AvgIpc) is 2.95. The lowest BCUT2D eigenvalue weighted by atomic mass is 10.2. The highest BCUT2D eigenvalue weighted by Crippen LogP contribution is 2.30. The first-order chi connectivity index (χ1) is 8.92. The zero-order chi connectivity index (χ0) is 13.9. The van der Waals surface area contributed by atoms with Gasteiger partial charge in [-0.3, -0.25) is 4.68 Å². The molecule has 1 aromatic heterocycles. The lowest BCUT2D eigenvalue weighted by Gasteiger charge is -2.18. The molecule has 6 nitrogen and oxygen atoms in total. The van der Waals surface area contributed by atoms with Gasteiger partial charge < -0.3 is 4.74 Å². The van der Waals surface area contributed by atoms with E-state index in [4.69, 9.17) is 4.74 Å². The summed E-state index contributed by atoms with van der Waals surface area (Å²) >= 11 is 0. The number of carbonyl (C=O) groups is 1. The van der Waals surface area contributed by atoms with Crippen molar-refractivity contribution in [3.63, 3.8) is 0 Å². The number of hydrogen-bond donors (Lipinski definition) is 1. The van der Waals surface area contributed by atoms with Crippen LogP contribution in [-0.2, 0) is 11.3 Å². The fraction of sp³-hybridized carbons (Fsp3) is 0.615. The van der Waals surface area contributed by atoms with Gasteiger partial charge in [-0.2, -0.15) is 10.2 Å². The second kappa shape index (κ2) is 5.42. The standard InChI is InChI=1S/C13H20N4O2/c1-13(2,3)19-12(18)16-14-6-11-7-15-17(9-11)8-10-4-5-10/h6-7,9-10H,4-5,8H2,1-3H3,(H,16,18)/b14-6+. The minimum atomic E-state index is -0.561. The van der Waals surface area contributed by atoms with Crippen LogP contribution in [0, 0.1) is 5.92 Å². The zero-order valence-electron chi connectivity index (χ0n) is 11.6. The van der Waals surface area contributed by atoms with Crippen LogP contribution in [0.2, 0.25) is 0 Å². The zero-order valence-corrected chi connectivity index (χ0v) is 11.6. The molecule has 6 heteroatoms. The maximum absolute atomic E-state index is 11.3. The number of aromatic nitrogens is 2. The monoisotopic (exact) mass is 264 g/mol. The third-order valence-electron chi connectivity index (χ3n) is 2.56. The largest absolute Gasteiger partial charge is 0.443 e. The summed E-state index contributed by atoms with van der Waals surface area (Å²) in [5.74, 6) is 0.782. The molecule has 0 spiro atoms. The quantitative estimate of drug-likeness (QED) is 0.669. The number of hydrazone groups is 1. The molecule has 0 unspecified atom stereocenters. The highest BCUT2D eigenvalue weighted by Gasteiger charge is 2.21. The molecule has 19 heavy (non-hydrogen) atoms. The molecule has 0 saturated heterocycles. The maximum atomic E-state index is 11.3. The predicted octanol–water partition coefficient (Wildman–Crippen LogP) is 2.15. The van der Waals surface area contributed by atoms with Crippen molar-refractivity contribution >= 4 is 12.3 Å². The van der Waals surface area contributed by atoms with E-state index in [1.165, 1.54) is 12.8 Å². The van der Waals surface area contributed by atoms with E-state index in [1.54, 1.807) is 33.2 Å². The van der Waals surface area contributed by atoms with Crippen molar-refractivity contribution in [3.05, 3.63) is 18.0 Å². The number of hydrogen-bond acceptors (Lipinski definition) is 4. The van der Waals surface area contributed by atoms with E-state index < -0.39 is 11.7 Å². The van der Waals surface area contributed by atoms with E-state index in [-0.39, 0.29) is 0 Å². The molecule has 1 fully saturated rings. The van der Waals surface area contributed by atoms with Crippen LogP contribution < -0.4 is 5.43 Å². The van der Waals surface area contributed by atoms with Gasteiger partial charge in [0.05, 0.1) is 12.4 Å². The number of rotatable bonds is 4. The molecule has 1 N–H and O–H groups in total. The summed E-state index contributed by atoms with van der Waals surface area (Å²) in [5, 5.41) is 8.07. The molecule has 0 aromatic carbocycles. The molecule has 0 aliphatic heterocycles. The van der Waals surface area contributed by atoms with E-state index in [0.717, 1.165) is 18.0 Å². The summed E-state index contributed by atoms with van der Waals surface area (Å²) in [6.45, 7) is 6.38. The molecular weight excluding hydrogens is 244 g/mol. The second-order valence-electron chi connectivity index (χ2n) is 5.81. The van der Waals surface area contributed by atoms with Gasteiger partial charge in [0.1, 0.15) is 5.60 Å². The van der Waals surface area contributed by atoms with Crippen LogP contribution in [0.5, 0.6) is 0 Å². The van der Waals surface area contributed by atoms with Crippen molar-refractivity contribution in [2.75, 3.05) is 0 Å². The topological polar surface area (TPSA) is 68.5 Å². The minimum Gasteiger partial charge on any atom is -0.443 e. The molecule has 2 rings (SSSR count). The maximum Gasteiger partial charge on any atom is 0.428 e. The van der Waals surface area contributed by atoms with E-state index in [9.17, 15) is 4.79 Å². The van der Waals surface area contributed by atoms with Crippen LogP contribution in [0.15, 0.2) is 17.5 Å². The van der Waals surface area contributed by atoms with Crippen LogP contribution in [0.3, 0.4) is 0 Å². The van der Waals surface area contributed by atoms with Gasteiger partial charge in [0, 0.05) is 18.3 Å². The number of carbonyl (C=O) groups excluding carboxylic acids is 1. The first kappa shape index (κ1) is 13.6.